The van der Waals surface area contributed by atoms with Crippen LogP contribution in [0.1, 0.15) is 12.5 Å². The second kappa shape index (κ2) is 5.25. The van der Waals surface area contributed by atoms with E-state index in [1.807, 2.05) is 0 Å². The zero-order chi connectivity index (χ0) is 14.4. The van der Waals surface area contributed by atoms with Gasteiger partial charge in [-0.1, -0.05) is 11.6 Å². The van der Waals surface area contributed by atoms with Crippen molar-refractivity contribution in [2.45, 2.75) is 29.5 Å². The molecule has 19 heavy (non-hydrogen) atoms. The zero-order valence-electron chi connectivity index (χ0n) is 10.2. The van der Waals surface area contributed by atoms with Crippen molar-refractivity contribution in [2.75, 3.05) is 5.75 Å². The van der Waals surface area contributed by atoms with Crippen LogP contribution in [0.2, 0.25) is 4.34 Å². The average molecular weight is 342 g/mol. The molecule has 0 radical (unpaired) electrons. The van der Waals surface area contributed by atoms with Gasteiger partial charge in [-0.2, -0.15) is 4.31 Å². The number of carboxylic acids is 1. The first-order chi connectivity index (χ1) is 8.75. The van der Waals surface area contributed by atoms with Gasteiger partial charge >= 0.3 is 5.97 Å². The highest BCUT2D eigenvalue weighted by molar-refractivity contribution is 8.01. The molecule has 0 spiro atoms. The fraction of sp³-hybridized carbons (Fsp3) is 0.500. The number of halogens is 1. The minimum Gasteiger partial charge on any atom is -0.480 e. The van der Waals surface area contributed by atoms with Crippen LogP contribution in [0.15, 0.2) is 10.3 Å². The Hall–Kier alpha value is -0.280. The highest BCUT2D eigenvalue weighted by Crippen LogP contribution is 2.38. The summed E-state index contributed by atoms with van der Waals surface area (Å²) in [6, 6.07) is 0.461. The highest BCUT2D eigenvalue weighted by Gasteiger charge is 2.45. The number of hydrogen-bond acceptors (Lipinski definition) is 5. The van der Waals surface area contributed by atoms with Crippen LogP contribution < -0.4 is 0 Å². The molecule has 1 saturated heterocycles. The third-order valence-corrected chi connectivity index (χ3v) is 8.15. The van der Waals surface area contributed by atoms with Crippen molar-refractivity contribution < 1.29 is 18.3 Å². The van der Waals surface area contributed by atoms with Crippen molar-refractivity contribution in [2.24, 2.45) is 0 Å². The predicted octanol–water partition coefficient (Wildman–Crippen LogP) is 2.25. The van der Waals surface area contributed by atoms with E-state index in [0.29, 0.717) is 9.90 Å². The molecular weight excluding hydrogens is 330 g/mol. The largest absolute Gasteiger partial charge is 0.480 e. The molecule has 106 valence electrons. The first kappa shape index (κ1) is 15.1. The van der Waals surface area contributed by atoms with Gasteiger partial charge in [0.15, 0.2) is 0 Å². The number of rotatable bonds is 3. The second-order valence-electron chi connectivity index (χ2n) is 4.14. The molecular formula is C10H12ClNO4S3. The van der Waals surface area contributed by atoms with Gasteiger partial charge in [-0.05, 0) is 25.5 Å². The normalized spacial score (nSPS) is 24.8. The Morgan fingerprint density at radius 2 is 2.21 bits per heavy atom. The second-order valence-corrected chi connectivity index (χ2v) is 9.22. The minimum absolute atomic E-state index is 0.0931. The summed E-state index contributed by atoms with van der Waals surface area (Å²) >= 11 is 8.16. The monoisotopic (exact) mass is 341 g/mol. The van der Waals surface area contributed by atoms with E-state index in [1.165, 1.54) is 17.8 Å². The number of hydrogen-bond donors (Lipinski definition) is 1. The Bertz CT molecular complexity index is 593. The van der Waals surface area contributed by atoms with Gasteiger partial charge in [0.05, 0.1) is 9.71 Å². The summed E-state index contributed by atoms with van der Waals surface area (Å²) in [5, 5.41) is 8.73. The molecule has 2 unspecified atom stereocenters. The number of thioether (sulfide) groups is 1. The lowest BCUT2D eigenvalue weighted by Crippen LogP contribution is -2.44. The maximum atomic E-state index is 12.5. The summed E-state index contributed by atoms with van der Waals surface area (Å²) < 4.78 is 26.6. The molecule has 2 heterocycles. The molecule has 1 N–H and O–H groups in total. The fourth-order valence-electron chi connectivity index (χ4n) is 1.84. The number of sulfonamides is 1. The first-order valence-corrected chi connectivity index (χ1v) is 9.07. The quantitative estimate of drug-likeness (QED) is 0.912. The Morgan fingerprint density at radius 3 is 2.68 bits per heavy atom. The SMILES string of the molecule is Cc1cc(S(=O)(=O)N2C(C)SCC2C(=O)O)sc1Cl. The molecule has 0 bridgehead atoms. The standard InChI is InChI=1S/C10H12ClNO4S3/c1-5-3-8(18-9(5)11)19(15,16)12-6(2)17-4-7(12)10(13)14/h3,6-7H,4H2,1-2H3,(H,13,14). The van der Waals surface area contributed by atoms with Crippen LogP contribution in [0.5, 0.6) is 0 Å². The van der Waals surface area contributed by atoms with Gasteiger partial charge in [-0.15, -0.1) is 23.1 Å². The zero-order valence-corrected chi connectivity index (χ0v) is 13.4. The van der Waals surface area contributed by atoms with Crippen LogP contribution >= 0.6 is 34.7 Å². The maximum Gasteiger partial charge on any atom is 0.322 e. The lowest BCUT2D eigenvalue weighted by molar-refractivity contribution is -0.140. The van der Waals surface area contributed by atoms with Crippen molar-refractivity contribution in [1.82, 2.24) is 4.31 Å². The summed E-state index contributed by atoms with van der Waals surface area (Å²) in [7, 11) is -3.82. The van der Waals surface area contributed by atoms with Crippen LogP contribution in [0.4, 0.5) is 0 Å². The van der Waals surface area contributed by atoms with Gasteiger partial charge in [0.25, 0.3) is 10.0 Å². The summed E-state index contributed by atoms with van der Waals surface area (Å²) in [4.78, 5) is 11.2. The molecule has 0 aliphatic carbocycles. The molecule has 0 aromatic carbocycles. The Labute approximate surface area is 124 Å². The van der Waals surface area contributed by atoms with E-state index in [0.717, 1.165) is 15.6 Å². The van der Waals surface area contributed by atoms with Crippen molar-refractivity contribution in [1.29, 1.82) is 0 Å². The van der Waals surface area contributed by atoms with Crippen LogP contribution in [-0.4, -0.2) is 41.0 Å². The van der Waals surface area contributed by atoms with E-state index < -0.39 is 27.4 Å². The molecule has 1 aromatic heterocycles. The summed E-state index contributed by atoms with van der Waals surface area (Å²) in [5.74, 6) is -0.867. The molecule has 1 aliphatic heterocycles. The van der Waals surface area contributed by atoms with E-state index in [2.05, 4.69) is 0 Å². The van der Waals surface area contributed by atoms with Gasteiger partial charge < -0.3 is 5.11 Å². The van der Waals surface area contributed by atoms with Crippen LogP contribution in [0.3, 0.4) is 0 Å². The molecule has 2 atom stereocenters. The van der Waals surface area contributed by atoms with E-state index in [4.69, 9.17) is 16.7 Å². The van der Waals surface area contributed by atoms with Crippen LogP contribution in [0, 0.1) is 6.92 Å². The van der Waals surface area contributed by atoms with Gasteiger partial charge in [0, 0.05) is 5.75 Å². The third-order valence-electron chi connectivity index (χ3n) is 2.81. The van der Waals surface area contributed by atoms with Crippen LogP contribution in [0.25, 0.3) is 0 Å². The summed E-state index contributed by atoms with van der Waals surface area (Å²) in [5.41, 5.74) is 0.677. The average Bonchev–Trinajstić information content (AvgIpc) is 2.84. The summed E-state index contributed by atoms with van der Waals surface area (Å²) in [6.07, 6.45) is 0. The van der Waals surface area contributed by atoms with Gasteiger partial charge in [-0.25, -0.2) is 8.42 Å². The molecule has 5 nitrogen and oxygen atoms in total. The molecule has 2 rings (SSSR count). The summed E-state index contributed by atoms with van der Waals surface area (Å²) in [6.45, 7) is 3.40. The van der Waals surface area contributed by atoms with Crippen molar-refractivity contribution >= 4 is 50.7 Å². The minimum atomic E-state index is -3.82. The fourth-order valence-corrected chi connectivity index (χ4v) is 6.94. The first-order valence-electron chi connectivity index (χ1n) is 5.39. The van der Waals surface area contributed by atoms with Crippen molar-refractivity contribution in [3.05, 3.63) is 16.0 Å². The van der Waals surface area contributed by atoms with E-state index in [9.17, 15) is 13.2 Å². The maximum absolute atomic E-state index is 12.5. The Kier molecular flexibility index (Phi) is 4.18. The number of thiophene rings is 1. The number of aliphatic carboxylic acids is 1. The van der Waals surface area contributed by atoms with E-state index >= 15 is 0 Å². The third kappa shape index (κ3) is 2.64. The topological polar surface area (TPSA) is 74.7 Å². The number of carbonyl (C=O) groups is 1. The number of carboxylic acid groups (broad SMARTS) is 1. The predicted molar refractivity (Wildman–Crippen MR) is 76.4 cm³/mol. The van der Waals surface area contributed by atoms with Gasteiger partial charge in [0.1, 0.15) is 10.3 Å². The number of nitrogens with zero attached hydrogens (tertiary/aromatic N) is 1. The Morgan fingerprint density at radius 1 is 1.58 bits per heavy atom. The van der Waals surface area contributed by atoms with Crippen molar-refractivity contribution in [3.8, 4) is 0 Å². The Balaban J connectivity index is 2.46. The van der Waals surface area contributed by atoms with Crippen molar-refractivity contribution in [3.63, 3.8) is 0 Å². The molecule has 1 aromatic rings. The molecule has 1 aliphatic rings. The lowest BCUT2D eigenvalue weighted by Gasteiger charge is -2.23. The highest BCUT2D eigenvalue weighted by atomic mass is 35.5. The molecule has 0 amide bonds. The van der Waals surface area contributed by atoms with Gasteiger partial charge in [0.2, 0.25) is 0 Å². The van der Waals surface area contributed by atoms with E-state index in [-0.39, 0.29) is 9.96 Å². The van der Waals surface area contributed by atoms with Gasteiger partial charge in [-0.3, -0.25) is 4.79 Å². The molecule has 9 heteroatoms. The molecule has 1 fully saturated rings. The van der Waals surface area contributed by atoms with Crippen LogP contribution in [-0.2, 0) is 14.8 Å². The number of aryl methyl sites for hydroxylation is 1. The van der Waals surface area contributed by atoms with E-state index in [1.54, 1.807) is 13.8 Å². The molecule has 0 saturated carbocycles. The smallest absolute Gasteiger partial charge is 0.322 e. The lowest BCUT2D eigenvalue weighted by atomic mass is 10.3.